The lowest BCUT2D eigenvalue weighted by atomic mass is 9.93. The van der Waals surface area contributed by atoms with Gasteiger partial charge < -0.3 is 4.90 Å². The summed E-state index contributed by atoms with van der Waals surface area (Å²) in [5.74, 6) is 0.721. The van der Waals surface area contributed by atoms with Gasteiger partial charge in [-0.2, -0.15) is 5.26 Å². The second kappa shape index (κ2) is 4.79. The Balaban J connectivity index is 2.38. The third-order valence-corrected chi connectivity index (χ3v) is 3.70. The lowest BCUT2D eigenvalue weighted by Crippen LogP contribution is -2.41. The molecule has 1 aromatic rings. The number of benzene rings is 1. The first kappa shape index (κ1) is 12.0. The third kappa shape index (κ3) is 2.44. The van der Waals surface area contributed by atoms with Crippen LogP contribution in [0.1, 0.15) is 37.8 Å². The average Bonchev–Trinajstić information content (AvgIpc) is 2.32. The fourth-order valence-corrected chi connectivity index (χ4v) is 2.60. The van der Waals surface area contributed by atoms with Crippen molar-refractivity contribution < 1.29 is 0 Å². The molecule has 2 unspecified atom stereocenters. The molecule has 1 saturated heterocycles. The molecule has 0 aliphatic carbocycles. The molecule has 1 aromatic carbocycles. The number of rotatable bonds is 1. The molecule has 90 valence electrons. The van der Waals surface area contributed by atoms with Gasteiger partial charge in [-0.15, -0.1) is 0 Å². The molecule has 0 N–H and O–H groups in total. The van der Waals surface area contributed by atoms with E-state index in [1.54, 1.807) is 0 Å². The van der Waals surface area contributed by atoms with Gasteiger partial charge >= 0.3 is 0 Å². The molecular weight excluding hydrogens is 208 g/mol. The molecule has 0 bridgehead atoms. The number of hydrogen-bond donors (Lipinski definition) is 0. The first-order valence-corrected chi connectivity index (χ1v) is 6.39. The molecule has 2 atom stereocenters. The maximum atomic E-state index is 9.22. The minimum absolute atomic E-state index is 0.542. The number of piperidine rings is 1. The van der Waals surface area contributed by atoms with Crippen molar-refractivity contribution in [1.29, 1.82) is 5.26 Å². The van der Waals surface area contributed by atoms with Crippen LogP contribution in [0.25, 0.3) is 0 Å². The van der Waals surface area contributed by atoms with Gasteiger partial charge in [-0.1, -0.05) is 13.0 Å². The van der Waals surface area contributed by atoms with E-state index >= 15 is 0 Å². The largest absolute Gasteiger partial charge is 0.367 e. The topological polar surface area (TPSA) is 27.0 Å². The summed E-state index contributed by atoms with van der Waals surface area (Å²) >= 11 is 0. The predicted octanol–water partition coefficient (Wildman–Crippen LogP) is 3.49. The Kier molecular flexibility index (Phi) is 3.38. The average molecular weight is 228 g/mol. The van der Waals surface area contributed by atoms with Gasteiger partial charge in [-0.25, -0.2) is 0 Å². The summed E-state index contributed by atoms with van der Waals surface area (Å²) in [6.45, 7) is 7.71. The van der Waals surface area contributed by atoms with E-state index in [1.165, 1.54) is 18.4 Å². The van der Waals surface area contributed by atoms with Crippen molar-refractivity contribution >= 4 is 5.69 Å². The Morgan fingerprint density at radius 1 is 1.29 bits per heavy atom. The zero-order valence-electron chi connectivity index (χ0n) is 10.9. The highest BCUT2D eigenvalue weighted by molar-refractivity contribution is 5.61. The number of aryl methyl sites for hydroxylation is 1. The third-order valence-electron chi connectivity index (χ3n) is 3.70. The molecule has 2 heteroatoms. The van der Waals surface area contributed by atoms with Crippen LogP contribution >= 0.6 is 0 Å². The molecule has 0 spiro atoms. The lowest BCUT2D eigenvalue weighted by molar-refractivity contribution is 0.390. The molecule has 1 heterocycles. The van der Waals surface area contributed by atoms with Crippen LogP contribution in [-0.4, -0.2) is 12.6 Å². The van der Waals surface area contributed by atoms with E-state index in [1.807, 2.05) is 12.1 Å². The van der Waals surface area contributed by atoms with Crippen LogP contribution in [0.5, 0.6) is 0 Å². The van der Waals surface area contributed by atoms with Gasteiger partial charge in [-0.05, 0) is 50.3 Å². The minimum Gasteiger partial charge on any atom is -0.367 e. The summed E-state index contributed by atoms with van der Waals surface area (Å²) in [4.78, 5) is 2.40. The molecule has 0 radical (unpaired) electrons. The smallest absolute Gasteiger partial charge is 0.101 e. The highest BCUT2D eigenvalue weighted by atomic mass is 15.2. The molecule has 2 rings (SSSR count). The Bertz CT molecular complexity index is 445. The summed E-state index contributed by atoms with van der Waals surface area (Å²) in [5.41, 5.74) is 3.15. The van der Waals surface area contributed by atoms with Crippen LogP contribution in [0.15, 0.2) is 18.2 Å². The monoisotopic (exact) mass is 228 g/mol. The van der Waals surface area contributed by atoms with Crippen molar-refractivity contribution in [2.75, 3.05) is 11.4 Å². The molecule has 17 heavy (non-hydrogen) atoms. The van der Waals surface area contributed by atoms with Crippen LogP contribution in [0.4, 0.5) is 5.69 Å². The second-order valence-electron chi connectivity index (χ2n) is 5.32. The fourth-order valence-electron chi connectivity index (χ4n) is 2.60. The minimum atomic E-state index is 0.542. The van der Waals surface area contributed by atoms with E-state index < -0.39 is 0 Å². The molecule has 0 saturated carbocycles. The predicted molar refractivity (Wildman–Crippen MR) is 71.1 cm³/mol. The molecule has 1 aliphatic heterocycles. The van der Waals surface area contributed by atoms with Crippen LogP contribution in [0, 0.1) is 24.2 Å². The number of nitriles is 1. The Hall–Kier alpha value is -1.49. The second-order valence-corrected chi connectivity index (χ2v) is 5.32. The summed E-state index contributed by atoms with van der Waals surface area (Å²) in [7, 11) is 0. The maximum Gasteiger partial charge on any atom is 0.101 e. The molecule has 1 aliphatic rings. The first-order chi connectivity index (χ1) is 8.11. The van der Waals surface area contributed by atoms with Crippen molar-refractivity contribution in [2.45, 2.75) is 39.7 Å². The number of hydrogen-bond acceptors (Lipinski definition) is 2. The van der Waals surface area contributed by atoms with Crippen LogP contribution in [0.2, 0.25) is 0 Å². The van der Waals surface area contributed by atoms with Gasteiger partial charge in [-0.3, -0.25) is 0 Å². The summed E-state index contributed by atoms with van der Waals surface area (Å²) < 4.78 is 0. The molecule has 0 aromatic heterocycles. The van der Waals surface area contributed by atoms with Crippen molar-refractivity contribution in [1.82, 2.24) is 0 Å². The molecular formula is C15H20N2. The Morgan fingerprint density at radius 3 is 2.76 bits per heavy atom. The van der Waals surface area contributed by atoms with Crippen LogP contribution < -0.4 is 4.90 Å². The van der Waals surface area contributed by atoms with E-state index in [2.05, 4.69) is 37.8 Å². The highest BCUT2D eigenvalue weighted by Gasteiger charge is 2.24. The van der Waals surface area contributed by atoms with Gasteiger partial charge in [0.1, 0.15) is 6.07 Å². The van der Waals surface area contributed by atoms with E-state index in [0.717, 1.165) is 23.7 Å². The van der Waals surface area contributed by atoms with Crippen molar-refractivity contribution in [3.05, 3.63) is 29.3 Å². The SMILES string of the molecule is Cc1ccc(C#N)c(N2CC(C)CCC2C)c1. The standard InChI is InChI=1S/C15H20N2/c1-11-5-7-14(9-16)15(8-11)17-10-12(2)4-6-13(17)3/h5,7-8,12-13H,4,6,10H2,1-3H3. The van der Waals surface area contributed by atoms with Gasteiger partial charge in [0.2, 0.25) is 0 Å². The van der Waals surface area contributed by atoms with E-state index in [-0.39, 0.29) is 0 Å². The van der Waals surface area contributed by atoms with Gasteiger partial charge in [0.25, 0.3) is 0 Å². The lowest BCUT2D eigenvalue weighted by Gasteiger charge is -2.39. The first-order valence-electron chi connectivity index (χ1n) is 6.39. The highest BCUT2D eigenvalue weighted by Crippen LogP contribution is 2.30. The Morgan fingerprint density at radius 2 is 2.06 bits per heavy atom. The summed E-state index contributed by atoms with van der Waals surface area (Å²) in [5, 5.41) is 9.22. The molecule has 2 nitrogen and oxygen atoms in total. The molecule has 0 amide bonds. The maximum absolute atomic E-state index is 9.22. The van der Waals surface area contributed by atoms with Gasteiger partial charge in [0.15, 0.2) is 0 Å². The number of anilines is 1. The fraction of sp³-hybridized carbons (Fsp3) is 0.533. The van der Waals surface area contributed by atoms with Crippen molar-refractivity contribution in [2.24, 2.45) is 5.92 Å². The van der Waals surface area contributed by atoms with E-state index in [0.29, 0.717) is 6.04 Å². The normalized spacial score (nSPS) is 24.5. The van der Waals surface area contributed by atoms with Crippen LogP contribution in [-0.2, 0) is 0 Å². The summed E-state index contributed by atoms with van der Waals surface area (Å²) in [6, 6.07) is 8.96. The quantitative estimate of drug-likeness (QED) is 0.735. The van der Waals surface area contributed by atoms with Crippen molar-refractivity contribution in [3.8, 4) is 6.07 Å². The van der Waals surface area contributed by atoms with Crippen molar-refractivity contribution in [3.63, 3.8) is 0 Å². The molecule has 1 fully saturated rings. The van der Waals surface area contributed by atoms with E-state index in [4.69, 9.17) is 0 Å². The van der Waals surface area contributed by atoms with Gasteiger partial charge in [0.05, 0.1) is 11.3 Å². The van der Waals surface area contributed by atoms with Crippen LogP contribution in [0.3, 0.4) is 0 Å². The van der Waals surface area contributed by atoms with E-state index in [9.17, 15) is 5.26 Å². The Labute approximate surface area is 104 Å². The summed E-state index contributed by atoms with van der Waals surface area (Å²) in [6.07, 6.45) is 2.52. The zero-order chi connectivity index (χ0) is 12.4. The number of nitrogens with zero attached hydrogens (tertiary/aromatic N) is 2. The zero-order valence-corrected chi connectivity index (χ0v) is 10.9. The van der Waals surface area contributed by atoms with Gasteiger partial charge in [0, 0.05) is 12.6 Å².